The van der Waals surface area contributed by atoms with Crippen molar-refractivity contribution in [1.82, 2.24) is 24.0 Å². The molecule has 0 saturated heterocycles. The molecular formula is C17H15FN6O. The second-order valence-electron chi connectivity index (χ2n) is 6.01. The Bertz CT molecular complexity index is 1180. The van der Waals surface area contributed by atoms with Crippen molar-refractivity contribution < 1.29 is 4.39 Å². The molecule has 0 N–H and O–H groups in total. The first kappa shape index (κ1) is 15.3. The first-order valence-electron chi connectivity index (χ1n) is 7.66. The molecule has 8 heteroatoms. The largest absolute Gasteiger partial charge is 0.361 e. The first-order valence-corrected chi connectivity index (χ1v) is 7.66. The smallest absolute Gasteiger partial charge is 0.258 e. The van der Waals surface area contributed by atoms with Gasteiger partial charge in [0.15, 0.2) is 5.82 Å². The Hall–Kier alpha value is -3.29. The van der Waals surface area contributed by atoms with Crippen LogP contribution in [-0.2, 0) is 0 Å². The summed E-state index contributed by atoms with van der Waals surface area (Å²) in [5.41, 5.74) is 2.63. The maximum atomic E-state index is 13.3. The molecule has 0 unspecified atom stereocenters. The molecule has 0 aliphatic carbocycles. The van der Waals surface area contributed by atoms with Gasteiger partial charge in [-0.15, -0.1) is 0 Å². The van der Waals surface area contributed by atoms with Crippen molar-refractivity contribution in [1.29, 1.82) is 0 Å². The zero-order chi connectivity index (χ0) is 17.7. The van der Waals surface area contributed by atoms with Crippen LogP contribution in [0.2, 0.25) is 0 Å². The van der Waals surface area contributed by atoms with Crippen LogP contribution in [0.5, 0.6) is 0 Å². The lowest BCUT2D eigenvalue weighted by atomic mass is 10.2. The molecule has 0 radical (unpaired) electrons. The van der Waals surface area contributed by atoms with Crippen LogP contribution in [0.1, 0.15) is 5.69 Å². The molecule has 0 amide bonds. The van der Waals surface area contributed by atoms with Crippen molar-refractivity contribution in [3.05, 3.63) is 58.5 Å². The highest BCUT2D eigenvalue weighted by atomic mass is 19.1. The number of hydrogen-bond donors (Lipinski definition) is 0. The van der Waals surface area contributed by atoms with Gasteiger partial charge >= 0.3 is 0 Å². The third kappa shape index (κ3) is 2.51. The lowest BCUT2D eigenvalue weighted by Gasteiger charge is -2.12. The molecule has 4 heterocycles. The van der Waals surface area contributed by atoms with Gasteiger partial charge in [0.2, 0.25) is 0 Å². The summed E-state index contributed by atoms with van der Waals surface area (Å²) in [5, 5.41) is 4.52. The number of anilines is 1. The number of nitrogens with zero attached hydrogens (tertiary/aromatic N) is 6. The van der Waals surface area contributed by atoms with Crippen molar-refractivity contribution in [2.45, 2.75) is 6.92 Å². The summed E-state index contributed by atoms with van der Waals surface area (Å²) < 4.78 is 16.2. The molecule has 0 atom stereocenters. The molecule has 126 valence electrons. The average molecular weight is 338 g/mol. The van der Waals surface area contributed by atoms with Gasteiger partial charge in [0.05, 0.1) is 17.6 Å². The van der Waals surface area contributed by atoms with Crippen LogP contribution >= 0.6 is 0 Å². The van der Waals surface area contributed by atoms with Gasteiger partial charge in [-0.2, -0.15) is 5.10 Å². The zero-order valence-corrected chi connectivity index (χ0v) is 13.9. The SMILES string of the molecule is Cc1cn2nc(-c3cc(=O)n4cc(F)ccc4n3)cc2c(N(C)C)n1. The van der Waals surface area contributed by atoms with E-state index in [1.54, 1.807) is 4.52 Å². The molecule has 25 heavy (non-hydrogen) atoms. The quantitative estimate of drug-likeness (QED) is 0.559. The third-order valence-corrected chi connectivity index (χ3v) is 3.87. The van der Waals surface area contributed by atoms with Gasteiger partial charge in [-0.25, -0.2) is 18.9 Å². The summed E-state index contributed by atoms with van der Waals surface area (Å²) in [6, 6.07) is 5.92. The standard InChI is InChI=1S/C17H15FN6O/c1-10-8-24-14(17(19-10)22(2)3)6-13(21-24)12-7-16(25)23-9-11(18)4-5-15(23)20-12/h4-9H,1-3H3. The third-order valence-electron chi connectivity index (χ3n) is 3.87. The van der Waals surface area contributed by atoms with Crippen LogP contribution in [0.25, 0.3) is 22.6 Å². The van der Waals surface area contributed by atoms with Gasteiger partial charge in [0.25, 0.3) is 5.56 Å². The van der Waals surface area contributed by atoms with Crippen molar-refractivity contribution in [3.63, 3.8) is 0 Å². The Kier molecular flexibility index (Phi) is 3.28. The summed E-state index contributed by atoms with van der Waals surface area (Å²) in [7, 11) is 3.81. The molecule has 0 aliphatic heterocycles. The monoisotopic (exact) mass is 338 g/mol. The molecule has 0 bridgehead atoms. The fraction of sp³-hybridized carbons (Fsp3) is 0.176. The van der Waals surface area contributed by atoms with Crippen LogP contribution in [-0.4, -0.2) is 38.1 Å². The van der Waals surface area contributed by atoms with Crippen LogP contribution < -0.4 is 10.5 Å². The Labute approximate surface area is 142 Å². The lowest BCUT2D eigenvalue weighted by Crippen LogP contribution is -2.14. The normalized spacial score (nSPS) is 11.4. The summed E-state index contributed by atoms with van der Waals surface area (Å²) in [5.74, 6) is 0.285. The average Bonchev–Trinajstić information content (AvgIpc) is 2.98. The van der Waals surface area contributed by atoms with Crippen molar-refractivity contribution in [2.24, 2.45) is 0 Å². The highest BCUT2D eigenvalue weighted by Gasteiger charge is 2.14. The molecule has 7 nitrogen and oxygen atoms in total. The maximum absolute atomic E-state index is 13.3. The molecular weight excluding hydrogens is 323 g/mol. The van der Waals surface area contributed by atoms with Gasteiger partial charge in [-0.1, -0.05) is 0 Å². The van der Waals surface area contributed by atoms with Crippen LogP contribution in [0.4, 0.5) is 10.2 Å². The highest BCUT2D eigenvalue weighted by Crippen LogP contribution is 2.23. The van der Waals surface area contributed by atoms with Gasteiger partial charge in [-0.3, -0.25) is 9.20 Å². The van der Waals surface area contributed by atoms with Crippen molar-refractivity contribution in [2.75, 3.05) is 19.0 Å². The number of fused-ring (bicyclic) bond motifs is 2. The van der Waals surface area contributed by atoms with Gasteiger partial charge in [-0.05, 0) is 25.1 Å². The van der Waals surface area contributed by atoms with E-state index in [1.807, 2.05) is 38.2 Å². The van der Waals surface area contributed by atoms with E-state index in [9.17, 15) is 9.18 Å². The van der Waals surface area contributed by atoms with Gasteiger partial charge < -0.3 is 4.90 Å². The molecule has 0 aliphatic rings. The summed E-state index contributed by atoms with van der Waals surface area (Å²) in [4.78, 5) is 23.1. The molecule has 4 aromatic heterocycles. The molecule has 4 aromatic rings. The summed E-state index contributed by atoms with van der Waals surface area (Å²) >= 11 is 0. The maximum Gasteiger partial charge on any atom is 0.258 e. The number of halogens is 1. The fourth-order valence-electron chi connectivity index (χ4n) is 2.75. The number of pyridine rings is 1. The van der Waals surface area contributed by atoms with E-state index in [2.05, 4.69) is 15.1 Å². The van der Waals surface area contributed by atoms with Crippen LogP contribution in [0.15, 0.2) is 41.5 Å². The van der Waals surface area contributed by atoms with E-state index in [1.165, 1.54) is 22.6 Å². The topological polar surface area (TPSA) is 67.8 Å². The van der Waals surface area contributed by atoms with Gasteiger partial charge in [0, 0.05) is 26.4 Å². The molecule has 4 rings (SSSR count). The van der Waals surface area contributed by atoms with Crippen LogP contribution in [0.3, 0.4) is 0 Å². The van der Waals surface area contributed by atoms with Crippen LogP contribution in [0, 0.1) is 12.7 Å². The molecule has 0 spiro atoms. The molecule has 0 saturated carbocycles. The van der Waals surface area contributed by atoms with Crippen molar-refractivity contribution >= 4 is 17.0 Å². The second kappa shape index (κ2) is 5.37. The zero-order valence-electron chi connectivity index (χ0n) is 13.9. The summed E-state index contributed by atoms with van der Waals surface area (Å²) in [6.45, 7) is 1.89. The summed E-state index contributed by atoms with van der Waals surface area (Å²) in [6.07, 6.45) is 2.94. The van der Waals surface area contributed by atoms with E-state index in [0.29, 0.717) is 17.0 Å². The molecule has 0 fully saturated rings. The van der Waals surface area contributed by atoms with E-state index >= 15 is 0 Å². The number of hydrogen-bond acceptors (Lipinski definition) is 5. The first-order chi connectivity index (χ1) is 11.9. The van der Waals surface area contributed by atoms with E-state index in [0.717, 1.165) is 23.2 Å². The van der Waals surface area contributed by atoms with Crippen molar-refractivity contribution in [3.8, 4) is 11.4 Å². The predicted octanol–water partition coefficient (Wildman–Crippen LogP) is 1.92. The fourth-order valence-corrected chi connectivity index (χ4v) is 2.75. The lowest BCUT2D eigenvalue weighted by molar-refractivity contribution is 0.617. The Morgan fingerprint density at radius 1 is 1.08 bits per heavy atom. The number of aryl methyl sites for hydroxylation is 1. The minimum absolute atomic E-state index is 0.362. The number of rotatable bonds is 2. The Balaban J connectivity index is 1.96. The number of aromatic nitrogens is 5. The highest BCUT2D eigenvalue weighted by molar-refractivity contribution is 5.74. The van der Waals surface area contributed by atoms with E-state index < -0.39 is 5.82 Å². The predicted molar refractivity (Wildman–Crippen MR) is 92.5 cm³/mol. The Morgan fingerprint density at radius 2 is 1.88 bits per heavy atom. The van der Waals surface area contributed by atoms with E-state index in [4.69, 9.17) is 0 Å². The minimum atomic E-state index is -0.492. The Morgan fingerprint density at radius 3 is 2.64 bits per heavy atom. The van der Waals surface area contributed by atoms with E-state index in [-0.39, 0.29) is 5.56 Å². The van der Waals surface area contributed by atoms with Gasteiger partial charge in [0.1, 0.15) is 22.7 Å². The molecule has 0 aromatic carbocycles. The minimum Gasteiger partial charge on any atom is -0.361 e. The second-order valence-corrected chi connectivity index (χ2v) is 6.01.